The van der Waals surface area contributed by atoms with Crippen LogP contribution < -0.4 is 5.32 Å². The van der Waals surface area contributed by atoms with E-state index in [9.17, 15) is 4.79 Å². The van der Waals surface area contributed by atoms with Gasteiger partial charge in [-0.25, -0.2) is 4.79 Å². The highest BCUT2D eigenvalue weighted by Gasteiger charge is 2.26. The zero-order chi connectivity index (χ0) is 15.4. The molecule has 1 saturated heterocycles. The molecule has 1 fully saturated rings. The summed E-state index contributed by atoms with van der Waals surface area (Å²) in [5.74, 6) is 0.198. The molecular formula is C15H20Cl2N2O2. The highest BCUT2D eigenvalue weighted by Crippen LogP contribution is 2.25. The number of amides is 2. The molecule has 21 heavy (non-hydrogen) atoms. The van der Waals surface area contributed by atoms with E-state index in [4.69, 9.17) is 28.3 Å². The lowest BCUT2D eigenvalue weighted by molar-refractivity contribution is 0.195. The third-order valence-corrected chi connectivity index (χ3v) is 4.48. The van der Waals surface area contributed by atoms with Crippen LogP contribution in [-0.4, -0.2) is 41.8 Å². The van der Waals surface area contributed by atoms with Crippen molar-refractivity contribution in [3.05, 3.63) is 33.8 Å². The van der Waals surface area contributed by atoms with Gasteiger partial charge in [-0.05, 0) is 37.5 Å². The summed E-state index contributed by atoms with van der Waals surface area (Å²) in [5, 5.41) is 13.3. The molecule has 2 unspecified atom stereocenters. The first-order valence-electron chi connectivity index (χ1n) is 7.10. The largest absolute Gasteiger partial charge is 0.396 e. The molecule has 0 spiro atoms. The van der Waals surface area contributed by atoms with E-state index < -0.39 is 0 Å². The summed E-state index contributed by atoms with van der Waals surface area (Å²) in [6, 6.07) is 5.23. The van der Waals surface area contributed by atoms with Gasteiger partial charge in [0.25, 0.3) is 0 Å². The maximum Gasteiger partial charge on any atom is 0.317 e. The Labute approximate surface area is 135 Å². The Balaban J connectivity index is 1.90. The highest BCUT2D eigenvalue weighted by atomic mass is 35.5. The van der Waals surface area contributed by atoms with E-state index in [-0.39, 0.29) is 24.6 Å². The van der Waals surface area contributed by atoms with Crippen LogP contribution in [0.25, 0.3) is 0 Å². The van der Waals surface area contributed by atoms with Gasteiger partial charge in [0.1, 0.15) is 0 Å². The van der Waals surface area contributed by atoms with Gasteiger partial charge in [-0.15, -0.1) is 0 Å². The second-order valence-corrected chi connectivity index (χ2v) is 6.35. The maximum atomic E-state index is 12.1. The summed E-state index contributed by atoms with van der Waals surface area (Å²) in [6.07, 6.45) is 1.44. The molecule has 2 atom stereocenters. The number of hydrogen-bond acceptors (Lipinski definition) is 2. The number of rotatable bonds is 4. The second kappa shape index (κ2) is 7.34. The van der Waals surface area contributed by atoms with Crippen LogP contribution in [0.3, 0.4) is 0 Å². The van der Waals surface area contributed by atoms with Crippen molar-refractivity contribution < 1.29 is 9.90 Å². The molecule has 1 heterocycles. The van der Waals surface area contributed by atoms with Crippen LogP contribution in [-0.2, 0) is 6.42 Å². The van der Waals surface area contributed by atoms with Crippen LogP contribution in [0.4, 0.5) is 4.79 Å². The van der Waals surface area contributed by atoms with Crippen molar-refractivity contribution in [2.75, 3.05) is 19.7 Å². The number of urea groups is 1. The summed E-state index contributed by atoms with van der Waals surface area (Å²) in [4.78, 5) is 13.9. The van der Waals surface area contributed by atoms with Gasteiger partial charge < -0.3 is 15.3 Å². The smallest absolute Gasteiger partial charge is 0.317 e. The molecule has 116 valence electrons. The molecule has 4 nitrogen and oxygen atoms in total. The van der Waals surface area contributed by atoms with E-state index in [2.05, 4.69) is 5.32 Å². The number of likely N-dealkylation sites (tertiary alicyclic amines) is 1. The summed E-state index contributed by atoms with van der Waals surface area (Å²) in [6.45, 7) is 3.37. The zero-order valence-corrected chi connectivity index (χ0v) is 13.5. The van der Waals surface area contributed by atoms with Gasteiger partial charge in [-0.1, -0.05) is 29.3 Å². The van der Waals surface area contributed by atoms with Gasteiger partial charge in [0.2, 0.25) is 0 Å². The Morgan fingerprint density at radius 1 is 1.48 bits per heavy atom. The third kappa shape index (κ3) is 4.25. The number of halogens is 2. The molecule has 1 aliphatic heterocycles. The Morgan fingerprint density at radius 2 is 2.14 bits per heavy atom. The number of carbonyl (C=O) groups excluding carboxylic acids is 1. The first kappa shape index (κ1) is 16.4. The first-order chi connectivity index (χ1) is 10.0. The highest BCUT2D eigenvalue weighted by molar-refractivity contribution is 6.36. The second-order valence-electron chi connectivity index (χ2n) is 5.54. The molecule has 0 bridgehead atoms. The number of nitrogens with zero attached hydrogens (tertiary/aromatic N) is 1. The van der Waals surface area contributed by atoms with Crippen LogP contribution in [0.1, 0.15) is 18.9 Å². The quantitative estimate of drug-likeness (QED) is 0.891. The Hall–Kier alpha value is -0.970. The minimum Gasteiger partial charge on any atom is -0.396 e. The van der Waals surface area contributed by atoms with E-state index in [1.807, 2.05) is 6.92 Å². The van der Waals surface area contributed by atoms with Crippen molar-refractivity contribution in [2.24, 2.45) is 5.92 Å². The van der Waals surface area contributed by atoms with Crippen molar-refractivity contribution in [2.45, 2.75) is 25.8 Å². The van der Waals surface area contributed by atoms with Gasteiger partial charge in [0.15, 0.2) is 0 Å². The average Bonchev–Trinajstić information content (AvgIpc) is 2.92. The lowest BCUT2D eigenvalue weighted by Gasteiger charge is -2.21. The SMILES string of the molecule is CC(Cc1c(Cl)cccc1Cl)NC(=O)N1CCC(CO)C1. The zero-order valence-electron chi connectivity index (χ0n) is 12.0. The third-order valence-electron chi connectivity index (χ3n) is 3.77. The number of hydrogen-bond donors (Lipinski definition) is 2. The monoisotopic (exact) mass is 330 g/mol. The fourth-order valence-electron chi connectivity index (χ4n) is 2.55. The summed E-state index contributed by atoms with van der Waals surface area (Å²) < 4.78 is 0. The van der Waals surface area contributed by atoms with Crippen LogP contribution >= 0.6 is 23.2 Å². The molecule has 2 rings (SSSR count). The summed E-state index contributed by atoms with van der Waals surface area (Å²) >= 11 is 12.3. The van der Waals surface area contributed by atoms with Gasteiger partial charge in [-0.2, -0.15) is 0 Å². The van der Waals surface area contributed by atoms with Crippen LogP contribution in [0.2, 0.25) is 10.0 Å². The number of aliphatic hydroxyl groups is 1. The summed E-state index contributed by atoms with van der Waals surface area (Å²) in [7, 11) is 0. The molecule has 0 aromatic heterocycles. The molecule has 0 saturated carbocycles. The molecule has 1 aliphatic rings. The van der Waals surface area contributed by atoms with Crippen LogP contribution in [0.15, 0.2) is 18.2 Å². The van der Waals surface area contributed by atoms with Crippen molar-refractivity contribution >= 4 is 29.2 Å². The molecule has 1 aromatic carbocycles. The Morgan fingerprint density at radius 3 is 2.71 bits per heavy atom. The molecule has 2 amide bonds. The molecule has 0 radical (unpaired) electrons. The molecule has 0 aliphatic carbocycles. The average molecular weight is 331 g/mol. The van der Waals surface area contributed by atoms with Crippen LogP contribution in [0.5, 0.6) is 0 Å². The van der Waals surface area contributed by atoms with Gasteiger partial charge in [0.05, 0.1) is 0 Å². The predicted octanol–water partition coefficient (Wildman–Crippen LogP) is 2.95. The lowest BCUT2D eigenvalue weighted by atomic mass is 10.1. The predicted molar refractivity (Wildman–Crippen MR) is 84.9 cm³/mol. The van der Waals surface area contributed by atoms with Crippen molar-refractivity contribution in [3.8, 4) is 0 Å². The van der Waals surface area contributed by atoms with Gasteiger partial charge in [0, 0.05) is 41.7 Å². The number of benzene rings is 1. The number of carbonyl (C=O) groups is 1. The van der Waals surface area contributed by atoms with Gasteiger partial charge in [-0.3, -0.25) is 0 Å². The van der Waals surface area contributed by atoms with E-state index in [1.54, 1.807) is 23.1 Å². The van der Waals surface area contributed by atoms with E-state index >= 15 is 0 Å². The number of aliphatic hydroxyl groups excluding tert-OH is 1. The van der Waals surface area contributed by atoms with Crippen molar-refractivity contribution in [3.63, 3.8) is 0 Å². The molecule has 6 heteroatoms. The summed E-state index contributed by atoms with van der Waals surface area (Å²) in [5.41, 5.74) is 0.850. The minimum atomic E-state index is -0.0957. The molecule has 2 N–H and O–H groups in total. The van der Waals surface area contributed by atoms with E-state index in [0.717, 1.165) is 12.0 Å². The van der Waals surface area contributed by atoms with E-state index in [0.29, 0.717) is 29.6 Å². The maximum absolute atomic E-state index is 12.1. The van der Waals surface area contributed by atoms with E-state index in [1.165, 1.54) is 0 Å². The molecule has 1 aromatic rings. The first-order valence-corrected chi connectivity index (χ1v) is 7.86. The normalized spacial score (nSPS) is 19.6. The Kier molecular flexibility index (Phi) is 5.73. The fourth-order valence-corrected chi connectivity index (χ4v) is 3.10. The lowest BCUT2D eigenvalue weighted by Crippen LogP contribution is -2.43. The molecular weight excluding hydrogens is 311 g/mol. The van der Waals surface area contributed by atoms with Crippen molar-refractivity contribution in [1.82, 2.24) is 10.2 Å². The number of nitrogens with one attached hydrogen (secondary N) is 1. The van der Waals surface area contributed by atoms with Crippen LogP contribution in [0, 0.1) is 5.92 Å². The standard InChI is InChI=1S/C15H20Cl2N2O2/c1-10(7-12-13(16)3-2-4-14(12)17)18-15(21)19-6-5-11(8-19)9-20/h2-4,10-11,20H,5-9H2,1H3,(H,18,21). The van der Waals surface area contributed by atoms with Gasteiger partial charge >= 0.3 is 6.03 Å². The minimum absolute atomic E-state index is 0.0666. The van der Waals surface area contributed by atoms with Crippen molar-refractivity contribution in [1.29, 1.82) is 0 Å². The topological polar surface area (TPSA) is 52.6 Å². The fraction of sp³-hybridized carbons (Fsp3) is 0.533. The Bertz CT molecular complexity index is 490.